The predicted octanol–water partition coefficient (Wildman–Crippen LogP) is 5.64. The summed E-state index contributed by atoms with van der Waals surface area (Å²) in [4.78, 5) is 38.7. The van der Waals surface area contributed by atoms with Crippen LogP contribution in [-0.2, 0) is 38.7 Å². The van der Waals surface area contributed by atoms with Crippen LogP contribution in [0.5, 0.6) is 0 Å². The number of benzene rings is 1. The third-order valence-corrected chi connectivity index (χ3v) is 13.4. The molecule has 1 aliphatic heterocycles. The van der Waals surface area contributed by atoms with Crippen molar-refractivity contribution in [1.82, 2.24) is 0 Å². The molecule has 0 aromatic heterocycles. The van der Waals surface area contributed by atoms with Crippen LogP contribution in [0.4, 0.5) is 0 Å². The quantitative estimate of drug-likeness (QED) is 0.282. The highest BCUT2D eigenvalue weighted by Crippen LogP contribution is 2.70. The number of ketones is 2. The zero-order valence-electron chi connectivity index (χ0n) is 28.9. The number of esters is 1. The summed E-state index contributed by atoms with van der Waals surface area (Å²) in [6, 6.07) is 7.42. The molecule has 2 N–H and O–H groups in total. The van der Waals surface area contributed by atoms with Crippen LogP contribution in [0.1, 0.15) is 85.5 Å². The van der Waals surface area contributed by atoms with Gasteiger partial charge in [-0.1, -0.05) is 76.8 Å². The molecule has 9 atom stereocenters. The topological polar surface area (TPSA) is 154 Å². The number of rotatable bonds is 6. The number of allylic oxidation sites excluding steroid dienone is 4. The van der Waals surface area contributed by atoms with Crippen molar-refractivity contribution >= 4 is 27.7 Å². The summed E-state index contributed by atoms with van der Waals surface area (Å²) in [6.45, 7) is 7.44. The summed E-state index contributed by atoms with van der Waals surface area (Å²) >= 11 is 0. The maximum absolute atomic E-state index is 14.2. The average molecular weight is 699 g/mol. The number of aliphatic hydroxyl groups excluding tert-OH is 1. The highest BCUT2D eigenvalue weighted by Gasteiger charge is 2.76. The lowest BCUT2D eigenvalue weighted by Gasteiger charge is -2.59. The van der Waals surface area contributed by atoms with Crippen molar-refractivity contribution in [2.24, 2.45) is 40.4 Å². The summed E-state index contributed by atoms with van der Waals surface area (Å²) in [7, 11) is -4.00. The van der Waals surface area contributed by atoms with Gasteiger partial charge in [0, 0.05) is 22.7 Å². The molecule has 7 rings (SSSR count). The maximum Gasteiger partial charge on any atom is 0.308 e. The van der Waals surface area contributed by atoms with E-state index in [0.717, 1.165) is 44.1 Å². The highest BCUT2D eigenvalue weighted by molar-refractivity contribution is 7.85. The molecule has 0 unspecified atom stereocenters. The molecule has 5 aliphatic carbocycles. The Balaban J connectivity index is 0.000000359. The minimum Gasteiger partial charge on any atom is -0.457 e. The molecule has 11 heteroatoms. The van der Waals surface area contributed by atoms with Crippen LogP contribution >= 0.6 is 0 Å². The second-order valence-electron chi connectivity index (χ2n) is 15.7. The molecule has 0 radical (unpaired) electrons. The molecule has 10 nitrogen and oxygen atoms in total. The Bertz CT molecular complexity index is 1610. The van der Waals surface area contributed by atoms with E-state index in [-0.39, 0.29) is 58.1 Å². The molecule has 268 valence electrons. The van der Waals surface area contributed by atoms with E-state index in [0.29, 0.717) is 12.8 Å². The van der Waals surface area contributed by atoms with Crippen LogP contribution in [0, 0.1) is 40.4 Å². The van der Waals surface area contributed by atoms with Crippen molar-refractivity contribution in [2.45, 2.75) is 114 Å². The minimum absolute atomic E-state index is 0.0162. The molecule has 1 aromatic carbocycles. The van der Waals surface area contributed by atoms with Gasteiger partial charge in [0.25, 0.3) is 10.1 Å². The molecule has 1 saturated heterocycles. The first-order chi connectivity index (χ1) is 23.1. The van der Waals surface area contributed by atoms with Gasteiger partial charge >= 0.3 is 5.97 Å². The first kappa shape index (κ1) is 36.1. The number of hydrogen-bond acceptors (Lipinski definition) is 9. The van der Waals surface area contributed by atoms with Crippen LogP contribution in [0.15, 0.2) is 59.0 Å². The van der Waals surface area contributed by atoms with Gasteiger partial charge in [0.2, 0.25) is 5.78 Å². The lowest BCUT2D eigenvalue weighted by molar-refractivity contribution is -0.210. The maximum atomic E-state index is 14.2. The summed E-state index contributed by atoms with van der Waals surface area (Å²) in [5, 5.41) is 11.9. The molecule has 1 heterocycles. The van der Waals surface area contributed by atoms with Gasteiger partial charge in [0.15, 0.2) is 24.3 Å². The van der Waals surface area contributed by atoms with E-state index in [1.807, 2.05) is 6.08 Å². The van der Waals surface area contributed by atoms with Gasteiger partial charge in [0.1, 0.15) is 0 Å². The van der Waals surface area contributed by atoms with Crippen LogP contribution in [0.2, 0.25) is 0 Å². The molecule has 1 aromatic rings. The van der Waals surface area contributed by atoms with Crippen LogP contribution < -0.4 is 0 Å². The summed E-state index contributed by atoms with van der Waals surface area (Å²) < 4.78 is 48.3. The van der Waals surface area contributed by atoms with E-state index in [4.69, 9.17) is 18.8 Å². The smallest absolute Gasteiger partial charge is 0.308 e. The highest BCUT2D eigenvalue weighted by atomic mass is 32.2. The lowest BCUT2D eigenvalue weighted by atomic mass is 9.46. The van der Waals surface area contributed by atoms with E-state index in [1.54, 1.807) is 44.2 Å². The SMILES string of the molecule is CC(C)C(=O)OCC(=O)[C@@]12O[C@H](C3CCCCC3)O[C@@H]1C[C@H]1[C@@H]3CCC4=CC(=O)C=C[C@]4(C)[C@H]3[C@@H](O)C[C@@]12C.O=S(=O)(O)c1ccccc1. The summed E-state index contributed by atoms with van der Waals surface area (Å²) in [5.41, 5.74) is -1.19. The van der Waals surface area contributed by atoms with Gasteiger partial charge in [0.05, 0.1) is 23.0 Å². The standard InChI is InChI=1S/C32H44O7.C6H6O3S/c1-18(2)28(36)37-17-25(35)32-26(38-29(39-32)19-8-6-5-7-9-19)15-23-22-11-10-20-14-21(33)12-13-30(20,3)27(22)24(34)16-31(23,32)4;7-10(8,9)6-4-2-1-3-5-6/h12-14,18-19,22-24,26-27,29,34H,5-11,15-17H2,1-4H3;1-5H,(H,7,8,9)/t22-,23-,24-,26+,27+,29+,30-,31-,32+;/m0./s1. The van der Waals surface area contributed by atoms with Gasteiger partial charge in [-0.2, -0.15) is 8.42 Å². The largest absolute Gasteiger partial charge is 0.457 e. The van der Waals surface area contributed by atoms with Crippen molar-refractivity contribution in [3.05, 3.63) is 54.1 Å². The minimum atomic E-state index is -4.00. The Morgan fingerprint density at radius 2 is 1.76 bits per heavy atom. The second kappa shape index (κ2) is 13.5. The Morgan fingerprint density at radius 1 is 1.06 bits per heavy atom. The molecular weight excluding hydrogens is 648 g/mol. The molecule has 6 aliphatic rings. The molecule has 0 bridgehead atoms. The molecule has 0 spiro atoms. The summed E-state index contributed by atoms with van der Waals surface area (Å²) in [5.74, 6) is -0.471. The fourth-order valence-electron chi connectivity index (χ4n) is 10.2. The monoisotopic (exact) mass is 698 g/mol. The molecule has 4 saturated carbocycles. The van der Waals surface area contributed by atoms with E-state index in [1.165, 1.54) is 18.6 Å². The Labute approximate surface area is 289 Å². The number of ether oxygens (including phenoxy) is 3. The molecule has 0 amide bonds. The van der Waals surface area contributed by atoms with Crippen molar-refractivity contribution in [3.8, 4) is 0 Å². The normalized spacial score (nSPS) is 38.3. The van der Waals surface area contributed by atoms with Gasteiger partial charge in [-0.3, -0.25) is 18.9 Å². The Hall–Kier alpha value is -2.70. The van der Waals surface area contributed by atoms with Crippen molar-refractivity contribution in [1.29, 1.82) is 0 Å². The number of carbonyl (C=O) groups is 3. The number of Topliss-reactive ketones (excluding diaryl/α,β-unsaturated/α-hetero) is 1. The van der Waals surface area contributed by atoms with Gasteiger partial charge in [-0.05, 0) is 74.6 Å². The van der Waals surface area contributed by atoms with Gasteiger partial charge < -0.3 is 19.3 Å². The van der Waals surface area contributed by atoms with E-state index in [2.05, 4.69) is 13.8 Å². The first-order valence-corrected chi connectivity index (χ1v) is 19.2. The molecule has 5 fully saturated rings. The lowest BCUT2D eigenvalue weighted by Crippen LogP contribution is -2.63. The van der Waals surface area contributed by atoms with Crippen molar-refractivity contribution in [2.75, 3.05) is 6.61 Å². The van der Waals surface area contributed by atoms with Gasteiger partial charge in [-0.15, -0.1) is 0 Å². The van der Waals surface area contributed by atoms with Gasteiger partial charge in [-0.25, -0.2) is 0 Å². The predicted molar refractivity (Wildman–Crippen MR) is 180 cm³/mol. The Kier molecular flexibility index (Phi) is 9.91. The van der Waals surface area contributed by atoms with E-state index >= 15 is 0 Å². The molecular formula is C38H50O10S. The fourth-order valence-corrected chi connectivity index (χ4v) is 10.7. The number of fused-ring (bicyclic) bond motifs is 7. The summed E-state index contributed by atoms with van der Waals surface area (Å²) in [6.07, 6.45) is 12.2. The number of aliphatic hydroxyl groups is 1. The zero-order valence-corrected chi connectivity index (χ0v) is 29.7. The third kappa shape index (κ3) is 6.28. The zero-order chi connectivity index (χ0) is 35.4. The average Bonchev–Trinajstić information content (AvgIpc) is 3.57. The number of carbonyl (C=O) groups excluding carboxylic acids is 3. The molecule has 49 heavy (non-hydrogen) atoms. The van der Waals surface area contributed by atoms with Crippen molar-refractivity contribution < 1.29 is 46.7 Å². The second-order valence-corrected chi connectivity index (χ2v) is 17.1. The Morgan fingerprint density at radius 3 is 2.39 bits per heavy atom. The van der Waals surface area contributed by atoms with Crippen molar-refractivity contribution in [3.63, 3.8) is 0 Å². The third-order valence-electron chi connectivity index (χ3n) is 12.6. The number of hydrogen-bond donors (Lipinski definition) is 2. The van der Waals surface area contributed by atoms with Crippen LogP contribution in [-0.4, -0.2) is 66.3 Å². The first-order valence-electron chi connectivity index (χ1n) is 17.8. The fraction of sp³-hybridized carbons (Fsp3) is 0.658. The van der Waals surface area contributed by atoms with Crippen LogP contribution in [0.3, 0.4) is 0 Å². The van der Waals surface area contributed by atoms with E-state index in [9.17, 15) is 27.9 Å². The van der Waals surface area contributed by atoms with E-state index < -0.39 is 45.6 Å². The van der Waals surface area contributed by atoms with Crippen LogP contribution in [0.25, 0.3) is 0 Å².